The minimum absolute atomic E-state index is 0.0965. The van der Waals surface area contributed by atoms with E-state index in [9.17, 15) is 14.4 Å². The van der Waals surface area contributed by atoms with Crippen molar-refractivity contribution in [2.75, 3.05) is 0 Å². The largest absolute Gasteiger partial charge is 0.423 e. The van der Waals surface area contributed by atoms with Crippen molar-refractivity contribution < 1.29 is 18.7 Å². The molecule has 0 bridgehead atoms. The van der Waals surface area contributed by atoms with E-state index in [0.29, 0.717) is 5.39 Å². The van der Waals surface area contributed by atoms with Crippen LogP contribution < -0.4 is 15.7 Å². The third-order valence-corrected chi connectivity index (χ3v) is 5.03. The number of carbonyl (C=O) groups is 2. The van der Waals surface area contributed by atoms with Crippen LogP contribution in [0.4, 0.5) is 0 Å². The lowest BCUT2D eigenvalue weighted by Gasteiger charge is -2.14. The lowest BCUT2D eigenvalue weighted by Crippen LogP contribution is -2.30. The minimum atomic E-state index is -0.771. The molecule has 1 atom stereocenters. The predicted molar refractivity (Wildman–Crippen MR) is 126 cm³/mol. The van der Waals surface area contributed by atoms with Gasteiger partial charge in [0.15, 0.2) is 0 Å². The third kappa shape index (κ3) is 5.43. The van der Waals surface area contributed by atoms with Gasteiger partial charge in [0.2, 0.25) is 0 Å². The van der Waals surface area contributed by atoms with Gasteiger partial charge in [0.05, 0.1) is 6.04 Å². The second-order valence-electron chi connectivity index (χ2n) is 7.42. The monoisotopic (exact) mass is 439 g/mol. The molecule has 0 aliphatic rings. The predicted octanol–water partition coefficient (Wildman–Crippen LogP) is 4.90. The summed E-state index contributed by atoms with van der Waals surface area (Å²) >= 11 is 0. The highest BCUT2D eigenvalue weighted by molar-refractivity contribution is 5.97. The number of ether oxygens (including phenoxy) is 1. The second kappa shape index (κ2) is 9.78. The van der Waals surface area contributed by atoms with Crippen molar-refractivity contribution >= 4 is 28.9 Å². The summed E-state index contributed by atoms with van der Waals surface area (Å²) in [6.07, 6.45) is 2.96. The van der Waals surface area contributed by atoms with Crippen LogP contribution in [-0.4, -0.2) is 11.9 Å². The number of rotatable bonds is 6. The van der Waals surface area contributed by atoms with Crippen molar-refractivity contribution in [3.8, 4) is 5.75 Å². The summed E-state index contributed by atoms with van der Waals surface area (Å²) in [7, 11) is 0. The van der Waals surface area contributed by atoms with Gasteiger partial charge < -0.3 is 14.5 Å². The minimum Gasteiger partial charge on any atom is -0.423 e. The number of hydrogen-bond acceptors (Lipinski definition) is 5. The summed E-state index contributed by atoms with van der Waals surface area (Å²) in [4.78, 5) is 37.2. The number of benzene rings is 3. The zero-order valence-electron chi connectivity index (χ0n) is 17.9. The summed E-state index contributed by atoms with van der Waals surface area (Å²) in [6.45, 7) is 1.84. The molecule has 0 saturated carbocycles. The van der Waals surface area contributed by atoms with Gasteiger partial charge >= 0.3 is 11.6 Å². The van der Waals surface area contributed by atoms with Gasteiger partial charge in [-0.1, -0.05) is 60.7 Å². The van der Waals surface area contributed by atoms with E-state index < -0.39 is 17.5 Å². The van der Waals surface area contributed by atoms with Crippen LogP contribution in [0, 0.1) is 0 Å². The van der Waals surface area contributed by atoms with Gasteiger partial charge in [-0.2, -0.15) is 0 Å². The van der Waals surface area contributed by atoms with Gasteiger partial charge in [0.25, 0.3) is 5.91 Å². The number of nitrogens with one attached hydrogen (secondary N) is 1. The summed E-state index contributed by atoms with van der Waals surface area (Å²) in [5.41, 5.74) is 1.13. The first-order valence-corrected chi connectivity index (χ1v) is 10.4. The normalized spacial score (nSPS) is 11.9. The van der Waals surface area contributed by atoms with Crippen molar-refractivity contribution in [2.45, 2.75) is 13.0 Å². The lowest BCUT2D eigenvalue weighted by molar-refractivity contribution is -0.128. The molecule has 1 heterocycles. The Bertz CT molecular complexity index is 1370. The molecule has 0 saturated heterocycles. The van der Waals surface area contributed by atoms with Crippen molar-refractivity contribution in [1.29, 1.82) is 0 Å². The standard InChI is InChI=1S/C27H21NO5/c1-18(20-10-6-3-7-11-20)28-26(30)23-16-21-13-14-22(17-24(21)33-27(23)31)32-25(29)15-12-19-8-4-2-5-9-19/h2-18H,1H3,(H,28,30)/b15-12+. The molecule has 1 unspecified atom stereocenters. The van der Waals surface area contributed by atoms with Gasteiger partial charge in [0, 0.05) is 17.5 Å². The Morgan fingerprint density at radius 2 is 1.64 bits per heavy atom. The molecule has 1 N–H and O–H groups in total. The van der Waals surface area contributed by atoms with Crippen molar-refractivity contribution in [1.82, 2.24) is 5.32 Å². The first-order valence-electron chi connectivity index (χ1n) is 10.4. The number of hydrogen-bond donors (Lipinski definition) is 1. The molecule has 0 spiro atoms. The SMILES string of the molecule is CC(NC(=O)c1cc2ccc(OC(=O)/C=C/c3ccccc3)cc2oc1=O)c1ccccc1. The Morgan fingerprint density at radius 3 is 2.36 bits per heavy atom. The Morgan fingerprint density at radius 1 is 0.939 bits per heavy atom. The molecule has 0 aliphatic carbocycles. The average molecular weight is 439 g/mol. The highest BCUT2D eigenvalue weighted by atomic mass is 16.5. The van der Waals surface area contributed by atoms with Crippen LogP contribution >= 0.6 is 0 Å². The molecule has 6 nitrogen and oxygen atoms in total. The lowest BCUT2D eigenvalue weighted by atomic mass is 10.1. The number of amides is 1. The fourth-order valence-electron chi connectivity index (χ4n) is 3.29. The quantitative estimate of drug-likeness (QED) is 0.200. The number of esters is 1. The molecule has 0 fully saturated rings. The molecule has 4 rings (SSSR count). The fourth-order valence-corrected chi connectivity index (χ4v) is 3.29. The topological polar surface area (TPSA) is 85.6 Å². The van der Waals surface area contributed by atoms with Crippen LogP contribution in [0.15, 0.2) is 100 Å². The van der Waals surface area contributed by atoms with E-state index in [1.807, 2.05) is 67.6 Å². The van der Waals surface area contributed by atoms with Crippen LogP contribution in [0.2, 0.25) is 0 Å². The summed E-state index contributed by atoms with van der Waals surface area (Å²) < 4.78 is 10.6. The smallest absolute Gasteiger partial charge is 0.349 e. The van der Waals surface area contributed by atoms with Crippen LogP contribution in [0.1, 0.15) is 34.5 Å². The molecule has 33 heavy (non-hydrogen) atoms. The molecule has 0 radical (unpaired) electrons. The Balaban J connectivity index is 1.49. The Hall–Kier alpha value is -4.45. The van der Waals surface area contributed by atoms with E-state index in [0.717, 1.165) is 11.1 Å². The Kier molecular flexibility index (Phi) is 6.45. The van der Waals surface area contributed by atoms with Gasteiger partial charge in [-0.3, -0.25) is 4.79 Å². The maximum Gasteiger partial charge on any atom is 0.349 e. The van der Waals surface area contributed by atoms with Crippen LogP contribution in [0.5, 0.6) is 5.75 Å². The van der Waals surface area contributed by atoms with Crippen LogP contribution in [0.3, 0.4) is 0 Å². The van der Waals surface area contributed by atoms with Crippen molar-refractivity contribution in [3.05, 3.63) is 118 Å². The van der Waals surface area contributed by atoms with Crippen LogP contribution in [0.25, 0.3) is 17.0 Å². The van der Waals surface area contributed by atoms with E-state index in [1.54, 1.807) is 18.2 Å². The molecule has 0 aliphatic heterocycles. The molecular weight excluding hydrogens is 418 g/mol. The maximum atomic E-state index is 12.6. The van der Waals surface area contributed by atoms with E-state index >= 15 is 0 Å². The zero-order valence-corrected chi connectivity index (χ0v) is 17.9. The van der Waals surface area contributed by atoms with Crippen molar-refractivity contribution in [3.63, 3.8) is 0 Å². The van der Waals surface area contributed by atoms with Gasteiger partial charge in [0.1, 0.15) is 16.9 Å². The zero-order chi connectivity index (χ0) is 23.2. The fraction of sp³-hybridized carbons (Fsp3) is 0.0741. The summed E-state index contributed by atoms with van der Waals surface area (Å²) in [6, 6.07) is 24.6. The number of carbonyl (C=O) groups excluding carboxylic acids is 2. The van der Waals surface area contributed by atoms with E-state index in [2.05, 4.69) is 5.32 Å². The first kappa shape index (κ1) is 21.8. The van der Waals surface area contributed by atoms with Gasteiger partial charge in [-0.25, -0.2) is 9.59 Å². The molecule has 164 valence electrons. The number of fused-ring (bicyclic) bond motifs is 1. The molecule has 1 aromatic heterocycles. The summed E-state index contributed by atoms with van der Waals surface area (Å²) in [5, 5.41) is 3.34. The van der Waals surface area contributed by atoms with Crippen molar-refractivity contribution in [2.24, 2.45) is 0 Å². The summed E-state index contributed by atoms with van der Waals surface area (Å²) in [5.74, 6) is -0.863. The van der Waals surface area contributed by atoms with E-state index in [-0.39, 0.29) is 22.9 Å². The molecule has 3 aromatic carbocycles. The Labute approximate surface area is 190 Å². The van der Waals surface area contributed by atoms with Crippen LogP contribution in [-0.2, 0) is 4.79 Å². The highest BCUT2D eigenvalue weighted by Gasteiger charge is 2.17. The third-order valence-electron chi connectivity index (χ3n) is 5.03. The highest BCUT2D eigenvalue weighted by Crippen LogP contribution is 2.21. The van der Waals surface area contributed by atoms with E-state index in [1.165, 1.54) is 18.2 Å². The van der Waals surface area contributed by atoms with E-state index in [4.69, 9.17) is 9.15 Å². The second-order valence-corrected chi connectivity index (χ2v) is 7.42. The van der Waals surface area contributed by atoms with Gasteiger partial charge in [-0.15, -0.1) is 0 Å². The first-order chi connectivity index (χ1) is 16.0. The van der Waals surface area contributed by atoms with Gasteiger partial charge in [-0.05, 0) is 42.3 Å². The molecular formula is C27H21NO5. The molecule has 4 aromatic rings. The molecule has 1 amide bonds. The molecule has 6 heteroatoms. The average Bonchev–Trinajstić information content (AvgIpc) is 2.83. The maximum absolute atomic E-state index is 12.6.